The lowest BCUT2D eigenvalue weighted by atomic mass is 9.77. The van der Waals surface area contributed by atoms with Crippen molar-refractivity contribution < 1.29 is 9.59 Å². The molecular formula is C15H27N3O2. The fraction of sp³-hybridized carbons (Fsp3) is 0.867. The van der Waals surface area contributed by atoms with Crippen molar-refractivity contribution in [2.75, 3.05) is 6.54 Å². The van der Waals surface area contributed by atoms with E-state index < -0.39 is 6.04 Å². The van der Waals surface area contributed by atoms with Crippen molar-refractivity contribution >= 4 is 11.8 Å². The normalized spacial score (nSPS) is 31.0. The SMILES string of the molecule is CCNC(=O)C(C)NC(=O)C1CCC2CCCCC2N1. The summed E-state index contributed by atoms with van der Waals surface area (Å²) >= 11 is 0. The maximum atomic E-state index is 12.2. The zero-order valence-corrected chi connectivity index (χ0v) is 12.6. The Morgan fingerprint density at radius 2 is 1.95 bits per heavy atom. The van der Waals surface area contributed by atoms with Gasteiger partial charge < -0.3 is 16.0 Å². The average molecular weight is 281 g/mol. The third-order valence-electron chi connectivity index (χ3n) is 4.57. The lowest BCUT2D eigenvalue weighted by Crippen LogP contribution is -2.57. The van der Waals surface area contributed by atoms with E-state index in [-0.39, 0.29) is 17.9 Å². The first-order chi connectivity index (χ1) is 9.61. The summed E-state index contributed by atoms with van der Waals surface area (Å²) in [7, 11) is 0. The molecule has 5 heteroatoms. The van der Waals surface area contributed by atoms with E-state index in [1.54, 1.807) is 6.92 Å². The second-order valence-corrected chi connectivity index (χ2v) is 6.07. The number of amides is 2. The van der Waals surface area contributed by atoms with E-state index >= 15 is 0 Å². The molecule has 2 aliphatic rings. The van der Waals surface area contributed by atoms with Crippen LogP contribution >= 0.6 is 0 Å². The Kier molecular flexibility index (Phi) is 5.40. The van der Waals surface area contributed by atoms with Gasteiger partial charge in [0.25, 0.3) is 0 Å². The third kappa shape index (κ3) is 3.72. The summed E-state index contributed by atoms with van der Waals surface area (Å²) in [5.41, 5.74) is 0. The van der Waals surface area contributed by atoms with Crippen LogP contribution in [-0.2, 0) is 9.59 Å². The standard InChI is InChI=1S/C15H27N3O2/c1-3-16-14(19)10(2)17-15(20)13-9-8-11-6-4-5-7-12(11)18-13/h10-13,18H,3-9H2,1-2H3,(H,16,19)(H,17,20). The number of hydrogen-bond donors (Lipinski definition) is 3. The highest BCUT2D eigenvalue weighted by atomic mass is 16.2. The molecule has 1 heterocycles. The van der Waals surface area contributed by atoms with E-state index in [0.29, 0.717) is 12.6 Å². The van der Waals surface area contributed by atoms with Gasteiger partial charge in [-0.05, 0) is 45.4 Å². The molecule has 2 rings (SSSR count). The number of likely N-dealkylation sites (N-methyl/N-ethyl adjacent to an activating group) is 1. The van der Waals surface area contributed by atoms with Gasteiger partial charge in [-0.15, -0.1) is 0 Å². The Balaban J connectivity index is 1.82. The molecule has 2 fully saturated rings. The summed E-state index contributed by atoms with van der Waals surface area (Å²) in [6, 6.07) is -0.104. The van der Waals surface area contributed by atoms with Gasteiger partial charge in [-0.1, -0.05) is 12.8 Å². The van der Waals surface area contributed by atoms with Crippen molar-refractivity contribution in [3.05, 3.63) is 0 Å². The Labute approximate surface area is 121 Å². The van der Waals surface area contributed by atoms with Gasteiger partial charge in [0.2, 0.25) is 11.8 Å². The Morgan fingerprint density at radius 3 is 2.70 bits per heavy atom. The van der Waals surface area contributed by atoms with Crippen LogP contribution in [0.2, 0.25) is 0 Å². The molecule has 114 valence electrons. The Hall–Kier alpha value is -1.10. The van der Waals surface area contributed by atoms with Crippen LogP contribution in [0.5, 0.6) is 0 Å². The number of fused-ring (bicyclic) bond motifs is 1. The van der Waals surface area contributed by atoms with Gasteiger partial charge in [0.05, 0.1) is 6.04 Å². The first kappa shape index (κ1) is 15.3. The summed E-state index contributed by atoms with van der Waals surface area (Å²) in [5.74, 6) is 0.591. The zero-order chi connectivity index (χ0) is 14.5. The van der Waals surface area contributed by atoms with Crippen LogP contribution < -0.4 is 16.0 Å². The Morgan fingerprint density at radius 1 is 1.20 bits per heavy atom. The van der Waals surface area contributed by atoms with Crippen LogP contribution in [0.4, 0.5) is 0 Å². The molecule has 1 saturated carbocycles. The van der Waals surface area contributed by atoms with Crippen LogP contribution in [-0.4, -0.2) is 36.5 Å². The quantitative estimate of drug-likeness (QED) is 0.718. The van der Waals surface area contributed by atoms with Gasteiger partial charge in [-0.3, -0.25) is 9.59 Å². The number of piperidine rings is 1. The van der Waals surface area contributed by atoms with E-state index in [4.69, 9.17) is 0 Å². The van der Waals surface area contributed by atoms with Crippen molar-refractivity contribution in [3.63, 3.8) is 0 Å². The Bertz CT molecular complexity index is 359. The minimum Gasteiger partial charge on any atom is -0.355 e. The highest BCUT2D eigenvalue weighted by molar-refractivity contribution is 5.89. The summed E-state index contributed by atoms with van der Waals surface area (Å²) < 4.78 is 0. The monoisotopic (exact) mass is 281 g/mol. The number of nitrogens with one attached hydrogen (secondary N) is 3. The smallest absolute Gasteiger partial charge is 0.242 e. The van der Waals surface area contributed by atoms with Gasteiger partial charge in [-0.2, -0.15) is 0 Å². The summed E-state index contributed by atoms with van der Waals surface area (Å²) in [4.78, 5) is 23.9. The topological polar surface area (TPSA) is 70.2 Å². The number of hydrogen-bond acceptors (Lipinski definition) is 3. The molecule has 1 aliphatic carbocycles. The minimum absolute atomic E-state index is 0.0345. The number of carbonyl (C=O) groups excluding carboxylic acids is 2. The van der Waals surface area contributed by atoms with E-state index in [1.807, 2.05) is 6.92 Å². The minimum atomic E-state index is -0.465. The maximum Gasteiger partial charge on any atom is 0.242 e. The number of rotatable bonds is 4. The predicted molar refractivity (Wildman–Crippen MR) is 78.2 cm³/mol. The van der Waals surface area contributed by atoms with Crippen LogP contribution in [0.1, 0.15) is 52.4 Å². The van der Waals surface area contributed by atoms with Crippen molar-refractivity contribution in [3.8, 4) is 0 Å². The molecular weight excluding hydrogens is 254 g/mol. The van der Waals surface area contributed by atoms with Crippen molar-refractivity contribution in [1.29, 1.82) is 0 Å². The summed E-state index contributed by atoms with van der Waals surface area (Å²) in [6.45, 7) is 4.19. The summed E-state index contributed by atoms with van der Waals surface area (Å²) in [5, 5.41) is 9.03. The highest BCUT2D eigenvalue weighted by Crippen LogP contribution is 2.32. The van der Waals surface area contributed by atoms with E-state index in [2.05, 4.69) is 16.0 Å². The first-order valence-electron chi connectivity index (χ1n) is 7.96. The van der Waals surface area contributed by atoms with E-state index in [9.17, 15) is 9.59 Å². The van der Waals surface area contributed by atoms with Gasteiger partial charge in [0.1, 0.15) is 6.04 Å². The molecule has 2 amide bonds. The fourth-order valence-corrected chi connectivity index (χ4v) is 3.41. The second-order valence-electron chi connectivity index (χ2n) is 6.07. The van der Waals surface area contributed by atoms with Gasteiger partial charge in [0, 0.05) is 12.6 Å². The molecule has 1 aliphatic heterocycles. The van der Waals surface area contributed by atoms with E-state index in [0.717, 1.165) is 18.8 Å². The molecule has 1 saturated heterocycles. The van der Waals surface area contributed by atoms with Crippen LogP contribution in [0.3, 0.4) is 0 Å². The van der Waals surface area contributed by atoms with Crippen LogP contribution in [0.25, 0.3) is 0 Å². The molecule has 5 nitrogen and oxygen atoms in total. The van der Waals surface area contributed by atoms with Gasteiger partial charge in [-0.25, -0.2) is 0 Å². The second kappa shape index (κ2) is 7.07. The third-order valence-corrected chi connectivity index (χ3v) is 4.57. The van der Waals surface area contributed by atoms with E-state index in [1.165, 1.54) is 25.7 Å². The van der Waals surface area contributed by atoms with Crippen molar-refractivity contribution in [2.45, 2.75) is 70.5 Å². The maximum absolute atomic E-state index is 12.2. The molecule has 4 unspecified atom stereocenters. The lowest BCUT2D eigenvalue weighted by molar-refractivity contribution is -0.130. The molecule has 0 bridgehead atoms. The molecule has 3 N–H and O–H groups in total. The van der Waals surface area contributed by atoms with Crippen LogP contribution in [0.15, 0.2) is 0 Å². The largest absolute Gasteiger partial charge is 0.355 e. The molecule has 0 aromatic carbocycles. The average Bonchev–Trinajstić information content (AvgIpc) is 2.46. The van der Waals surface area contributed by atoms with Crippen molar-refractivity contribution in [2.24, 2.45) is 5.92 Å². The molecule has 0 aromatic heterocycles. The lowest BCUT2D eigenvalue weighted by Gasteiger charge is -2.40. The number of carbonyl (C=O) groups is 2. The molecule has 4 atom stereocenters. The first-order valence-corrected chi connectivity index (χ1v) is 7.96. The zero-order valence-electron chi connectivity index (χ0n) is 12.6. The molecule has 0 aromatic rings. The molecule has 0 spiro atoms. The van der Waals surface area contributed by atoms with Crippen LogP contribution in [0, 0.1) is 5.92 Å². The molecule has 20 heavy (non-hydrogen) atoms. The van der Waals surface area contributed by atoms with Crippen molar-refractivity contribution in [1.82, 2.24) is 16.0 Å². The fourth-order valence-electron chi connectivity index (χ4n) is 3.41. The summed E-state index contributed by atoms with van der Waals surface area (Å²) in [6.07, 6.45) is 7.08. The van der Waals surface area contributed by atoms with Gasteiger partial charge >= 0.3 is 0 Å². The van der Waals surface area contributed by atoms with Gasteiger partial charge in [0.15, 0.2) is 0 Å². The predicted octanol–water partition coefficient (Wildman–Crippen LogP) is 0.938. The highest BCUT2D eigenvalue weighted by Gasteiger charge is 2.34. The molecule has 0 radical (unpaired) electrons.